The highest BCUT2D eigenvalue weighted by atomic mass is 16.2. The summed E-state index contributed by atoms with van der Waals surface area (Å²) in [5, 5.41) is 10.1. The second kappa shape index (κ2) is 8.44. The molecular weight excluding hydrogens is 268 g/mol. The first-order valence-corrected chi connectivity index (χ1v) is 7.56. The average molecular weight is 294 g/mol. The van der Waals surface area contributed by atoms with Crippen molar-refractivity contribution in [2.24, 2.45) is 5.92 Å². The molecule has 0 saturated heterocycles. The highest BCUT2D eigenvalue weighted by Gasteiger charge is 2.10. The van der Waals surface area contributed by atoms with E-state index in [2.05, 4.69) is 29.6 Å². The first-order chi connectivity index (χ1) is 9.96. The summed E-state index contributed by atoms with van der Waals surface area (Å²) >= 11 is 0. The van der Waals surface area contributed by atoms with E-state index in [1.165, 1.54) is 10.7 Å². The van der Waals surface area contributed by atoms with E-state index in [1.807, 2.05) is 13.8 Å². The van der Waals surface area contributed by atoms with Crippen LogP contribution < -0.4 is 16.2 Å². The van der Waals surface area contributed by atoms with Crippen molar-refractivity contribution in [3.8, 4) is 0 Å². The number of aromatic nitrogens is 2. The molecule has 0 unspecified atom stereocenters. The third-order valence-corrected chi connectivity index (χ3v) is 3.23. The maximum Gasteiger partial charge on any atom is 0.269 e. The fraction of sp³-hybridized carbons (Fsp3) is 0.667. The van der Waals surface area contributed by atoms with Crippen molar-refractivity contribution in [1.29, 1.82) is 0 Å². The highest BCUT2D eigenvalue weighted by molar-refractivity contribution is 5.75. The van der Waals surface area contributed by atoms with Crippen molar-refractivity contribution in [3.63, 3.8) is 0 Å². The molecule has 6 heteroatoms. The average Bonchev–Trinajstić information content (AvgIpc) is 2.45. The van der Waals surface area contributed by atoms with Gasteiger partial charge in [-0.3, -0.25) is 9.59 Å². The number of carbonyl (C=O) groups excluding carboxylic acids is 1. The van der Waals surface area contributed by atoms with Gasteiger partial charge in [0, 0.05) is 18.7 Å². The molecule has 1 aromatic rings. The Balaban J connectivity index is 2.64. The van der Waals surface area contributed by atoms with Crippen LogP contribution in [0.5, 0.6) is 0 Å². The molecule has 1 aromatic heterocycles. The summed E-state index contributed by atoms with van der Waals surface area (Å²) in [5.41, 5.74) is 0.411. The topological polar surface area (TPSA) is 76.0 Å². The van der Waals surface area contributed by atoms with Gasteiger partial charge in [0.25, 0.3) is 5.56 Å². The Kier molecular flexibility index (Phi) is 6.91. The molecule has 0 bridgehead atoms. The van der Waals surface area contributed by atoms with Gasteiger partial charge >= 0.3 is 0 Å². The zero-order chi connectivity index (χ0) is 15.8. The van der Waals surface area contributed by atoms with Crippen LogP contribution in [0.4, 0.5) is 5.69 Å². The largest absolute Gasteiger partial charge is 0.383 e. The lowest BCUT2D eigenvalue weighted by Crippen LogP contribution is -2.38. The van der Waals surface area contributed by atoms with Gasteiger partial charge in [-0.2, -0.15) is 5.10 Å². The van der Waals surface area contributed by atoms with E-state index in [-0.39, 0.29) is 24.1 Å². The van der Waals surface area contributed by atoms with Crippen molar-refractivity contribution < 1.29 is 4.79 Å². The van der Waals surface area contributed by atoms with Gasteiger partial charge in [-0.25, -0.2) is 4.68 Å². The van der Waals surface area contributed by atoms with Crippen LogP contribution in [0.3, 0.4) is 0 Å². The summed E-state index contributed by atoms with van der Waals surface area (Å²) in [6, 6.07) is 1.62. The molecule has 1 amide bonds. The lowest BCUT2D eigenvalue weighted by atomic mass is 10.2. The van der Waals surface area contributed by atoms with Crippen molar-refractivity contribution in [1.82, 2.24) is 15.1 Å². The van der Waals surface area contributed by atoms with Crippen LogP contribution in [0.2, 0.25) is 0 Å². The zero-order valence-corrected chi connectivity index (χ0v) is 13.3. The van der Waals surface area contributed by atoms with Gasteiger partial charge in [-0.15, -0.1) is 0 Å². The van der Waals surface area contributed by atoms with E-state index >= 15 is 0 Å². The minimum Gasteiger partial charge on any atom is -0.383 e. The monoisotopic (exact) mass is 294 g/mol. The first-order valence-electron chi connectivity index (χ1n) is 7.56. The van der Waals surface area contributed by atoms with Crippen LogP contribution in [0.1, 0.15) is 40.5 Å². The summed E-state index contributed by atoms with van der Waals surface area (Å²) in [5.74, 6) is 0.305. The van der Waals surface area contributed by atoms with E-state index in [4.69, 9.17) is 0 Å². The molecule has 118 valence electrons. The predicted octanol–water partition coefficient (Wildman–Crippen LogP) is 1.62. The summed E-state index contributed by atoms with van der Waals surface area (Å²) in [6.45, 7) is 8.95. The van der Waals surface area contributed by atoms with E-state index in [0.29, 0.717) is 11.6 Å². The summed E-state index contributed by atoms with van der Waals surface area (Å²) in [6.07, 6.45) is 3.33. The second-order valence-corrected chi connectivity index (χ2v) is 5.60. The van der Waals surface area contributed by atoms with Crippen LogP contribution in [0, 0.1) is 5.92 Å². The highest BCUT2D eigenvalue weighted by Crippen LogP contribution is 2.02. The van der Waals surface area contributed by atoms with E-state index in [1.54, 1.807) is 6.20 Å². The molecular formula is C15H26N4O2. The molecule has 1 rings (SSSR count). The molecule has 0 aliphatic heterocycles. The number of anilines is 1. The van der Waals surface area contributed by atoms with Crippen LogP contribution in [0.15, 0.2) is 17.1 Å². The Hall–Kier alpha value is -1.85. The fourth-order valence-electron chi connectivity index (χ4n) is 1.87. The van der Waals surface area contributed by atoms with Crippen LogP contribution >= 0.6 is 0 Å². The Bertz CT molecular complexity index is 507. The zero-order valence-electron chi connectivity index (χ0n) is 13.3. The SMILES string of the molecule is CCC(CC)NC(=O)Cn1ncc(NCC(C)C)cc1=O. The number of nitrogens with one attached hydrogen (secondary N) is 2. The summed E-state index contributed by atoms with van der Waals surface area (Å²) < 4.78 is 1.18. The minimum atomic E-state index is -0.275. The molecule has 1 heterocycles. The van der Waals surface area contributed by atoms with Gasteiger partial charge in [0.15, 0.2) is 0 Å². The van der Waals surface area contributed by atoms with Crippen LogP contribution in [-0.2, 0) is 11.3 Å². The number of nitrogens with zero attached hydrogens (tertiary/aromatic N) is 2. The molecule has 0 radical (unpaired) electrons. The van der Waals surface area contributed by atoms with Crippen LogP contribution in [-0.4, -0.2) is 28.3 Å². The fourth-order valence-corrected chi connectivity index (χ4v) is 1.87. The van der Waals surface area contributed by atoms with Crippen LogP contribution in [0.25, 0.3) is 0 Å². The summed E-state index contributed by atoms with van der Waals surface area (Å²) in [7, 11) is 0. The van der Waals surface area contributed by atoms with Crippen molar-refractivity contribution >= 4 is 11.6 Å². The van der Waals surface area contributed by atoms with Gasteiger partial charge < -0.3 is 10.6 Å². The van der Waals surface area contributed by atoms with Crippen molar-refractivity contribution in [2.75, 3.05) is 11.9 Å². The number of rotatable bonds is 8. The minimum absolute atomic E-state index is 0.0419. The lowest BCUT2D eigenvalue weighted by molar-refractivity contribution is -0.122. The normalized spacial score (nSPS) is 11.0. The van der Waals surface area contributed by atoms with Gasteiger partial charge in [0.2, 0.25) is 5.91 Å². The van der Waals surface area contributed by atoms with Gasteiger partial charge in [0.1, 0.15) is 6.54 Å². The number of amides is 1. The predicted molar refractivity (Wildman–Crippen MR) is 84.3 cm³/mol. The van der Waals surface area contributed by atoms with Gasteiger partial charge in [-0.05, 0) is 18.8 Å². The van der Waals surface area contributed by atoms with Crippen molar-refractivity contribution in [2.45, 2.75) is 53.1 Å². The number of hydrogen-bond donors (Lipinski definition) is 2. The Morgan fingerprint density at radius 3 is 2.52 bits per heavy atom. The molecule has 0 fully saturated rings. The second-order valence-electron chi connectivity index (χ2n) is 5.60. The summed E-state index contributed by atoms with van der Waals surface area (Å²) in [4.78, 5) is 23.8. The Morgan fingerprint density at radius 2 is 2.00 bits per heavy atom. The molecule has 6 nitrogen and oxygen atoms in total. The standard InChI is InChI=1S/C15H26N4O2/c1-5-12(6-2)18-14(20)10-19-15(21)7-13(9-17-19)16-8-11(3)4/h7,9,11-12,16H,5-6,8,10H2,1-4H3,(H,18,20). The van der Waals surface area contributed by atoms with Crippen molar-refractivity contribution in [3.05, 3.63) is 22.6 Å². The Labute approximate surface area is 125 Å². The third-order valence-electron chi connectivity index (χ3n) is 3.23. The maximum absolute atomic E-state index is 11.9. The van der Waals surface area contributed by atoms with Gasteiger partial charge in [0.05, 0.1) is 11.9 Å². The molecule has 0 saturated carbocycles. The quantitative estimate of drug-likeness (QED) is 0.764. The maximum atomic E-state index is 11.9. The molecule has 2 N–H and O–H groups in total. The van der Waals surface area contributed by atoms with E-state index < -0.39 is 0 Å². The molecule has 0 aliphatic carbocycles. The van der Waals surface area contributed by atoms with E-state index in [9.17, 15) is 9.59 Å². The number of carbonyl (C=O) groups is 1. The van der Waals surface area contributed by atoms with Gasteiger partial charge in [-0.1, -0.05) is 27.7 Å². The smallest absolute Gasteiger partial charge is 0.269 e. The molecule has 0 aromatic carbocycles. The van der Waals surface area contributed by atoms with E-state index in [0.717, 1.165) is 19.4 Å². The molecule has 0 spiro atoms. The number of hydrogen-bond acceptors (Lipinski definition) is 4. The molecule has 0 aliphatic rings. The Morgan fingerprint density at radius 1 is 1.33 bits per heavy atom. The lowest BCUT2D eigenvalue weighted by Gasteiger charge is -2.15. The molecule has 0 atom stereocenters. The first kappa shape index (κ1) is 17.2. The third kappa shape index (κ3) is 5.97. The molecule has 21 heavy (non-hydrogen) atoms.